The normalized spacial score (nSPS) is 10.8. The Morgan fingerprint density at radius 1 is 1.38 bits per heavy atom. The molecule has 0 rings (SSSR count). The first-order chi connectivity index (χ1) is 3.91. The predicted molar refractivity (Wildman–Crippen MR) is 34.3 cm³/mol. The highest BCUT2D eigenvalue weighted by atomic mass is 19.1. The van der Waals surface area contributed by atoms with Gasteiger partial charge in [-0.3, -0.25) is 4.39 Å². The van der Waals surface area contributed by atoms with Crippen molar-refractivity contribution in [3.05, 3.63) is 19.1 Å². The van der Waals surface area contributed by atoms with E-state index in [4.69, 9.17) is 0 Å². The van der Waals surface area contributed by atoms with Crippen LogP contribution in [0.3, 0.4) is 0 Å². The van der Waals surface area contributed by atoms with Gasteiger partial charge in [0.15, 0.2) is 0 Å². The Balaban J connectivity index is 2.72. The van der Waals surface area contributed by atoms with Crippen LogP contribution in [-0.2, 0) is 0 Å². The molecule has 0 aromatic heterocycles. The summed E-state index contributed by atoms with van der Waals surface area (Å²) in [5, 5.41) is 0. The van der Waals surface area contributed by atoms with E-state index in [1.165, 1.54) is 0 Å². The van der Waals surface area contributed by atoms with Gasteiger partial charge in [-0.1, -0.05) is 12.2 Å². The van der Waals surface area contributed by atoms with Gasteiger partial charge in [0.1, 0.15) is 0 Å². The van der Waals surface area contributed by atoms with Crippen molar-refractivity contribution in [1.29, 1.82) is 0 Å². The molecule has 0 saturated heterocycles. The fourth-order valence-electron chi connectivity index (χ4n) is 0.475. The summed E-state index contributed by atoms with van der Waals surface area (Å²) in [5.74, 6) is 0. The number of hydrogen-bond donors (Lipinski definition) is 0. The summed E-state index contributed by atoms with van der Waals surface area (Å²) in [6.07, 6.45) is 6.30. The Morgan fingerprint density at radius 3 is 2.62 bits per heavy atom. The van der Waals surface area contributed by atoms with Gasteiger partial charge in [-0.25, -0.2) is 0 Å². The molecule has 0 aliphatic rings. The second-order valence-corrected chi connectivity index (χ2v) is 1.66. The Morgan fingerprint density at radius 2 is 2.12 bits per heavy atom. The molecule has 0 aromatic carbocycles. The zero-order valence-electron chi connectivity index (χ0n) is 5.07. The topological polar surface area (TPSA) is 0 Å². The summed E-state index contributed by atoms with van der Waals surface area (Å²) in [5.41, 5.74) is 0. The maximum Gasteiger partial charge on any atom is 0.0894 e. The van der Waals surface area contributed by atoms with Crippen LogP contribution < -0.4 is 0 Å². The lowest BCUT2D eigenvalue weighted by Crippen LogP contribution is -1.73. The SMILES string of the molecule is [CH2]C=CCCCCF. The van der Waals surface area contributed by atoms with Crippen LogP contribution in [0, 0.1) is 6.92 Å². The molecule has 8 heavy (non-hydrogen) atoms. The van der Waals surface area contributed by atoms with E-state index in [0.29, 0.717) is 6.42 Å². The van der Waals surface area contributed by atoms with Gasteiger partial charge in [0.05, 0.1) is 6.67 Å². The van der Waals surface area contributed by atoms with Crippen molar-refractivity contribution in [1.82, 2.24) is 0 Å². The molecule has 0 bridgehead atoms. The van der Waals surface area contributed by atoms with Gasteiger partial charge in [0, 0.05) is 0 Å². The Hall–Kier alpha value is -0.330. The van der Waals surface area contributed by atoms with Gasteiger partial charge in [-0.2, -0.15) is 0 Å². The minimum Gasteiger partial charge on any atom is -0.251 e. The van der Waals surface area contributed by atoms with Crippen LogP contribution >= 0.6 is 0 Å². The zero-order chi connectivity index (χ0) is 6.24. The number of rotatable bonds is 4. The van der Waals surface area contributed by atoms with Crippen LogP contribution in [0.4, 0.5) is 4.39 Å². The van der Waals surface area contributed by atoms with Gasteiger partial charge in [-0.05, 0) is 26.2 Å². The maximum atomic E-state index is 11.4. The van der Waals surface area contributed by atoms with Crippen LogP contribution in [0.25, 0.3) is 0 Å². The van der Waals surface area contributed by atoms with Crippen LogP contribution in [0.5, 0.6) is 0 Å². The molecule has 0 atom stereocenters. The van der Waals surface area contributed by atoms with E-state index < -0.39 is 0 Å². The van der Waals surface area contributed by atoms with E-state index in [1.807, 2.05) is 6.08 Å². The Labute approximate surface area is 50.4 Å². The van der Waals surface area contributed by atoms with Crippen molar-refractivity contribution < 1.29 is 4.39 Å². The number of halogens is 1. The van der Waals surface area contributed by atoms with Crippen LogP contribution in [0.1, 0.15) is 19.3 Å². The number of allylic oxidation sites excluding steroid dienone is 2. The third-order valence-electron chi connectivity index (χ3n) is 0.921. The van der Waals surface area contributed by atoms with E-state index in [9.17, 15) is 4.39 Å². The van der Waals surface area contributed by atoms with Gasteiger partial charge in [0.25, 0.3) is 0 Å². The molecule has 0 aliphatic heterocycles. The van der Waals surface area contributed by atoms with E-state index in [-0.39, 0.29) is 6.67 Å². The summed E-state index contributed by atoms with van der Waals surface area (Å²) in [6, 6.07) is 0. The Bertz CT molecular complexity index is 57.4. The van der Waals surface area contributed by atoms with Crippen molar-refractivity contribution >= 4 is 0 Å². The van der Waals surface area contributed by atoms with E-state index in [1.54, 1.807) is 6.08 Å². The molecule has 0 nitrogen and oxygen atoms in total. The molecule has 0 N–H and O–H groups in total. The molecule has 1 heteroatoms. The van der Waals surface area contributed by atoms with Crippen LogP contribution in [0.15, 0.2) is 12.2 Å². The lowest BCUT2D eigenvalue weighted by molar-refractivity contribution is 0.463. The fraction of sp³-hybridized carbons (Fsp3) is 0.571. The van der Waals surface area contributed by atoms with Gasteiger partial charge in [0.2, 0.25) is 0 Å². The van der Waals surface area contributed by atoms with Gasteiger partial charge in [-0.15, -0.1) is 0 Å². The van der Waals surface area contributed by atoms with E-state index in [0.717, 1.165) is 12.8 Å². The van der Waals surface area contributed by atoms with Crippen molar-refractivity contribution in [3.63, 3.8) is 0 Å². The fourth-order valence-corrected chi connectivity index (χ4v) is 0.475. The highest BCUT2D eigenvalue weighted by Gasteiger charge is 1.80. The first kappa shape index (κ1) is 7.67. The number of alkyl halides is 1. The van der Waals surface area contributed by atoms with E-state index >= 15 is 0 Å². The standard InChI is InChI=1S/C7H12F/c1-2-3-4-5-6-7-8/h2-3H,1,4-7H2. The summed E-state index contributed by atoms with van der Waals surface area (Å²) in [4.78, 5) is 0. The van der Waals surface area contributed by atoms with Gasteiger partial charge >= 0.3 is 0 Å². The van der Waals surface area contributed by atoms with Crippen LogP contribution in [-0.4, -0.2) is 6.67 Å². The third kappa shape index (κ3) is 5.67. The first-order valence-corrected chi connectivity index (χ1v) is 2.92. The second kappa shape index (κ2) is 6.67. The average molecular weight is 115 g/mol. The molecule has 1 radical (unpaired) electrons. The van der Waals surface area contributed by atoms with Gasteiger partial charge < -0.3 is 0 Å². The second-order valence-electron chi connectivity index (χ2n) is 1.66. The smallest absolute Gasteiger partial charge is 0.0894 e. The molecule has 0 fully saturated rings. The molecule has 0 saturated carbocycles. The predicted octanol–water partition coefficient (Wildman–Crippen LogP) is 2.52. The third-order valence-corrected chi connectivity index (χ3v) is 0.921. The summed E-state index contributed by atoms with van der Waals surface area (Å²) in [7, 11) is 0. The quantitative estimate of drug-likeness (QED) is 0.494. The van der Waals surface area contributed by atoms with Crippen molar-refractivity contribution in [2.24, 2.45) is 0 Å². The van der Waals surface area contributed by atoms with E-state index in [2.05, 4.69) is 6.92 Å². The van der Waals surface area contributed by atoms with Crippen molar-refractivity contribution in [2.75, 3.05) is 6.67 Å². The average Bonchev–Trinajstić information content (AvgIpc) is 1.81. The summed E-state index contributed by atoms with van der Waals surface area (Å²) in [6.45, 7) is 3.32. The lowest BCUT2D eigenvalue weighted by Gasteiger charge is -1.87. The lowest BCUT2D eigenvalue weighted by atomic mass is 10.2. The number of hydrogen-bond acceptors (Lipinski definition) is 0. The molecule has 0 unspecified atom stereocenters. The zero-order valence-corrected chi connectivity index (χ0v) is 5.07. The number of unbranched alkanes of at least 4 members (excludes halogenated alkanes) is 2. The maximum absolute atomic E-state index is 11.4. The molecule has 0 heterocycles. The Kier molecular flexibility index (Phi) is 6.39. The highest BCUT2D eigenvalue weighted by Crippen LogP contribution is 1.95. The molecular weight excluding hydrogens is 103 g/mol. The van der Waals surface area contributed by atoms with Crippen molar-refractivity contribution in [3.8, 4) is 0 Å². The molecule has 0 amide bonds. The molecule has 0 spiro atoms. The molecule has 47 valence electrons. The minimum atomic E-state index is -0.190. The van der Waals surface area contributed by atoms with Crippen molar-refractivity contribution in [2.45, 2.75) is 19.3 Å². The highest BCUT2D eigenvalue weighted by molar-refractivity contribution is 4.83. The monoisotopic (exact) mass is 115 g/mol. The largest absolute Gasteiger partial charge is 0.251 e. The molecular formula is C7H12F. The first-order valence-electron chi connectivity index (χ1n) is 2.92. The minimum absolute atomic E-state index is 0.190. The van der Waals surface area contributed by atoms with Crippen LogP contribution in [0.2, 0.25) is 0 Å². The molecule has 0 aliphatic carbocycles. The summed E-state index contributed by atoms with van der Waals surface area (Å²) < 4.78 is 11.4. The summed E-state index contributed by atoms with van der Waals surface area (Å²) >= 11 is 0. The molecule has 0 aromatic rings.